The quantitative estimate of drug-likeness (QED) is 0.753. The van der Waals surface area contributed by atoms with Crippen LogP contribution < -0.4 is 0 Å². The van der Waals surface area contributed by atoms with E-state index in [-0.39, 0.29) is 0 Å². The summed E-state index contributed by atoms with van der Waals surface area (Å²) in [6.07, 6.45) is 3.71. The molecule has 0 atom stereocenters. The minimum atomic E-state index is 0.404. The second kappa shape index (κ2) is 4.06. The first-order valence-electron chi connectivity index (χ1n) is 4.14. The Morgan fingerprint density at radius 1 is 1.57 bits per heavy atom. The van der Waals surface area contributed by atoms with Crippen molar-refractivity contribution in [1.82, 2.24) is 20.0 Å². The first kappa shape index (κ1) is 9.61. The van der Waals surface area contributed by atoms with Crippen molar-refractivity contribution < 1.29 is 0 Å². The Balaban J connectivity index is 2.10. The third kappa shape index (κ3) is 2.10. The van der Waals surface area contributed by atoms with Gasteiger partial charge in [0.05, 0.1) is 29.3 Å². The van der Waals surface area contributed by atoms with Crippen molar-refractivity contribution in [3.63, 3.8) is 0 Å². The van der Waals surface area contributed by atoms with Gasteiger partial charge in [-0.2, -0.15) is 0 Å². The highest BCUT2D eigenvalue weighted by atomic mass is 35.5. The van der Waals surface area contributed by atoms with Crippen molar-refractivity contribution in [3.8, 4) is 0 Å². The molecule has 14 heavy (non-hydrogen) atoms. The summed E-state index contributed by atoms with van der Waals surface area (Å²) in [4.78, 5) is 5.35. The Morgan fingerprint density at radius 2 is 2.43 bits per heavy atom. The van der Waals surface area contributed by atoms with Gasteiger partial charge in [0.25, 0.3) is 0 Å². The molecule has 0 fully saturated rings. The largest absolute Gasteiger partial charge is 0.250 e. The molecule has 0 amide bonds. The number of aromatic nitrogens is 4. The molecule has 6 heteroatoms. The van der Waals surface area contributed by atoms with Gasteiger partial charge < -0.3 is 0 Å². The van der Waals surface area contributed by atoms with Gasteiger partial charge >= 0.3 is 0 Å². The van der Waals surface area contributed by atoms with Crippen LogP contribution in [0.2, 0.25) is 0 Å². The number of nitrogens with zero attached hydrogens (tertiary/aromatic N) is 4. The van der Waals surface area contributed by atoms with Crippen LogP contribution in [0, 0.1) is 6.92 Å². The number of thiazole rings is 1. The molecule has 74 valence electrons. The van der Waals surface area contributed by atoms with E-state index in [0.29, 0.717) is 5.88 Å². The van der Waals surface area contributed by atoms with E-state index in [9.17, 15) is 0 Å². The molecule has 0 spiro atoms. The second-order valence-electron chi connectivity index (χ2n) is 2.89. The Kier molecular flexibility index (Phi) is 2.79. The summed E-state index contributed by atoms with van der Waals surface area (Å²) in [6, 6.07) is 0. The average molecular weight is 229 g/mol. The molecule has 0 aromatic carbocycles. The molecular formula is C8H9ClN4S. The molecule has 0 bridgehead atoms. The standard InChI is InChI=1S/C8H9ClN4S/c1-6-10-3-8(14-6)5-13-4-7(2-9)11-12-13/h3-4H,2,5H2,1H3. The first-order valence-corrected chi connectivity index (χ1v) is 5.49. The summed E-state index contributed by atoms with van der Waals surface area (Å²) in [5, 5.41) is 8.92. The van der Waals surface area contributed by atoms with Gasteiger partial charge in [-0.1, -0.05) is 5.21 Å². The highest BCUT2D eigenvalue weighted by molar-refractivity contribution is 7.11. The van der Waals surface area contributed by atoms with Crippen molar-refractivity contribution >= 4 is 22.9 Å². The van der Waals surface area contributed by atoms with Crippen molar-refractivity contribution in [2.24, 2.45) is 0 Å². The van der Waals surface area contributed by atoms with E-state index in [1.165, 1.54) is 4.88 Å². The van der Waals surface area contributed by atoms with E-state index in [4.69, 9.17) is 11.6 Å². The number of alkyl halides is 1. The maximum Gasteiger partial charge on any atom is 0.0974 e. The molecule has 2 aromatic rings. The van der Waals surface area contributed by atoms with Gasteiger partial charge in [0.1, 0.15) is 0 Å². The van der Waals surface area contributed by atoms with Crippen molar-refractivity contribution in [2.45, 2.75) is 19.3 Å². The molecular weight excluding hydrogens is 220 g/mol. The highest BCUT2D eigenvalue weighted by Gasteiger charge is 2.02. The van der Waals surface area contributed by atoms with Crippen LogP contribution in [0.5, 0.6) is 0 Å². The summed E-state index contributed by atoms with van der Waals surface area (Å²) >= 11 is 7.29. The third-order valence-corrected chi connectivity index (χ3v) is 2.88. The maximum atomic E-state index is 5.62. The molecule has 2 rings (SSSR count). The molecule has 0 unspecified atom stereocenters. The number of hydrogen-bond acceptors (Lipinski definition) is 4. The minimum absolute atomic E-state index is 0.404. The highest BCUT2D eigenvalue weighted by Crippen LogP contribution is 2.12. The lowest BCUT2D eigenvalue weighted by atomic mass is 10.5. The molecule has 4 nitrogen and oxygen atoms in total. The van der Waals surface area contributed by atoms with Gasteiger partial charge in [-0.3, -0.25) is 0 Å². The van der Waals surface area contributed by atoms with E-state index >= 15 is 0 Å². The fourth-order valence-electron chi connectivity index (χ4n) is 1.12. The van der Waals surface area contributed by atoms with Crippen LogP contribution in [0.1, 0.15) is 15.6 Å². The fourth-order valence-corrected chi connectivity index (χ4v) is 2.02. The molecule has 0 aliphatic carbocycles. The van der Waals surface area contributed by atoms with E-state index in [1.54, 1.807) is 16.0 Å². The Labute approximate surface area is 90.5 Å². The predicted octanol–water partition coefficient (Wildman–Crippen LogP) is 1.83. The van der Waals surface area contributed by atoms with Crippen LogP contribution in [0.25, 0.3) is 0 Å². The number of halogens is 1. The van der Waals surface area contributed by atoms with Gasteiger partial charge in [0, 0.05) is 11.1 Å². The molecule has 0 N–H and O–H groups in total. The summed E-state index contributed by atoms with van der Waals surface area (Å²) in [5.41, 5.74) is 0.799. The Morgan fingerprint density at radius 3 is 3.00 bits per heavy atom. The van der Waals surface area contributed by atoms with Gasteiger partial charge in [0.15, 0.2) is 0 Å². The Hall–Kier alpha value is -0.940. The smallest absolute Gasteiger partial charge is 0.0974 e. The van der Waals surface area contributed by atoms with Gasteiger partial charge in [-0.05, 0) is 6.92 Å². The van der Waals surface area contributed by atoms with Crippen molar-refractivity contribution in [1.29, 1.82) is 0 Å². The second-order valence-corrected chi connectivity index (χ2v) is 4.47. The molecule has 0 aliphatic heterocycles. The van der Waals surface area contributed by atoms with Crippen LogP contribution >= 0.6 is 22.9 Å². The van der Waals surface area contributed by atoms with Gasteiger partial charge in [-0.15, -0.1) is 28.0 Å². The maximum absolute atomic E-state index is 5.62. The van der Waals surface area contributed by atoms with Crippen LogP contribution in [0.3, 0.4) is 0 Å². The minimum Gasteiger partial charge on any atom is -0.250 e. The average Bonchev–Trinajstić information content (AvgIpc) is 2.76. The van der Waals surface area contributed by atoms with E-state index in [2.05, 4.69) is 15.3 Å². The topological polar surface area (TPSA) is 43.6 Å². The summed E-state index contributed by atoms with van der Waals surface area (Å²) < 4.78 is 1.77. The van der Waals surface area contributed by atoms with Crippen molar-refractivity contribution in [3.05, 3.63) is 28.0 Å². The zero-order valence-electron chi connectivity index (χ0n) is 7.64. The first-order chi connectivity index (χ1) is 6.78. The molecule has 0 saturated heterocycles. The van der Waals surface area contributed by atoms with Crippen LogP contribution in [-0.2, 0) is 12.4 Å². The van der Waals surface area contributed by atoms with E-state index < -0.39 is 0 Å². The van der Waals surface area contributed by atoms with E-state index in [1.807, 2.05) is 19.3 Å². The van der Waals surface area contributed by atoms with Crippen LogP contribution in [0.15, 0.2) is 12.4 Å². The molecule has 2 heterocycles. The number of rotatable bonds is 3. The fraction of sp³-hybridized carbons (Fsp3) is 0.375. The summed E-state index contributed by atoms with van der Waals surface area (Å²) in [5.74, 6) is 0.404. The van der Waals surface area contributed by atoms with E-state index in [0.717, 1.165) is 17.2 Å². The lowest BCUT2D eigenvalue weighted by molar-refractivity contribution is 0.655. The zero-order valence-corrected chi connectivity index (χ0v) is 9.22. The lowest BCUT2D eigenvalue weighted by Gasteiger charge is -1.93. The lowest BCUT2D eigenvalue weighted by Crippen LogP contribution is -1.98. The number of hydrogen-bond donors (Lipinski definition) is 0. The zero-order chi connectivity index (χ0) is 9.97. The monoisotopic (exact) mass is 228 g/mol. The summed E-state index contributed by atoms with van der Waals surface area (Å²) in [7, 11) is 0. The molecule has 0 radical (unpaired) electrons. The van der Waals surface area contributed by atoms with Crippen molar-refractivity contribution in [2.75, 3.05) is 0 Å². The third-order valence-electron chi connectivity index (χ3n) is 1.71. The Bertz CT molecular complexity index is 422. The van der Waals surface area contributed by atoms with Gasteiger partial charge in [-0.25, -0.2) is 9.67 Å². The van der Waals surface area contributed by atoms with Gasteiger partial charge in [0.2, 0.25) is 0 Å². The summed E-state index contributed by atoms with van der Waals surface area (Å²) in [6.45, 7) is 2.70. The molecule has 2 aromatic heterocycles. The van der Waals surface area contributed by atoms with Crippen LogP contribution in [-0.4, -0.2) is 20.0 Å². The molecule has 0 saturated carbocycles. The normalized spacial score (nSPS) is 10.7. The molecule has 0 aliphatic rings. The van der Waals surface area contributed by atoms with Crippen LogP contribution in [0.4, 0.5) is 0 Å². The predicted molar refractivity (Wildman–Crippen MR) is 55.5 cm³/mol. The number of aryl methyl sites for hydroxylation is 1. The SMILES string of the molecule is Cc1ncc(Cn2cc(CCl)nn2)s1.